The Balaban J connectivity index is 3.21. The molecule has 0 bridgehead atoms. The van der Waals surface area contributed by atoms with Crippen molar-refractivity contribution in [3.8, 4) is 5.75 Å². The number of rotatable bonds is 5. The van der Waals surface area contributed by atoms with Crippen molar-refractivity contribution >= 4 is 11.8 Å². The fraction of sp³-hybridized carbons (Fsp3) is 0.400. The minimum atomic E-state index is -3.12. The van der Waals surface area contributed by atoms with Gasteiger partial charge in [0.05, 0.1) is 12.2 Å². The van der Waals surface area contributed by atoms with E-state index in [1.165, 1.54) is 6.92 Å². The maximum Gasteiger partial charge on any atom is 0.364 e. The van der Waals surface area contributed by atoms with Gasteiger partial charge in [0.25, 0.3) is 6.43 Å². The van der Waals surface area contributed by atoms with Crippen molar-refractivity contribution in [3.05, 3.63) is 27.4 Å². The van der Waals surface area contributed by atoms with Crippen molar-refractivity contribution in [2.75, 3.05) is 6.61 Å². The summed E-state index contributed by atoms with van der Waals surface area (Å²) in [7, 11) is 0. The monoisotopic (exact) mass is 276 g/mol. The molecular weight excluding hydrogens is 266 g/mol. The summed E-state index contributed by atoms with van der Waals surface area (Å²) < 4.78 is 29.8. The first-order valence-electron chi connectivity index (χ1n) is 5.17. The van der Waals surface area contributed by atoms with Crippen LogP contribution in [0, 0.1) is 10.1 Å². The molecule has 1 heterocycles. The minimum absolute atomic E-state index is 0.0518. The quantitative estimate of drug-likeness (QED) is 0.499. The molecule has 9 heteroatoms. The lowest BCUT2D eigenvalue weighted by Gasteiger charge is -2.06. The van der Waals surface area contributed by atoms with Crippen molar-refractivity contribution in [1.82, 2.24) is 4.98 Å². The Morgan fingerprint density at radius 3 is 2.74 bits per heavy atom. The summed E-state index contributed by atoms with van der Waals surface area (Å²) in [5, 5.41) is 20.1. The van der Waals surface area contributed by atoms with Crippen molar-refractivity contribution in [2.45, 2.75) is 19.8 Å². The summed E-state index contributed by atoms with van der Waals surface area (Å²) in [4.78, 5) is 24.1. The van der Waals surface area contributed by atoms with Crippen molar-refractivity contribution in [3.63, 3.8) is 0 Å². The molecule has 1 aromatic rings. The van der Waals surface area contributed by atoms with Gasteiger partial charge in [0.1, 0.15) is 6.42 Å². The second-order valence-electron chi connectivity index (χ2n) is 3.40. The van der Waals surface area contributed by atoms with Crippen LogP contribution in [0.2, 0.25) is 0 Å². The SMILES string of the molecule is CCOC(=O)Cc1nc([N+](=O)[O-])cc(C(F)F)c1O. The van der Waals surface area contributed by atoms with E-state index in [-0.39, 0.29) is 6.61 Å². The molecule has 0 aliphatic rings. The molecule has 0 radical (unpaired) electrons. The summed E-state index contributed by atoms with van der Waals surface area (Å²) in [5.41, 5.74) is -1.45. The van der Waals surface area contributed by atoms with Gasteiger partial charge < -0.3 is 20.0 Å². The first-order valence-corrected chi connectivity index (χ1v) is 5.17. The van der Waals surface area contributed by atoms with E-state index in [2.05, 4.69) is 9.72 Å². The summed E-state index contributed by atoms with van der Waals surface area (Å²) in [5.74, 6) is -2.63. The predicted molar refractivity (Wildman–Crippen MR) is 57.9 cm³/mol. The lowest BCUT2D eigenvalue weighted by Crippen LogP contribution is -2.10. The zero-order valence-electron chi connectivity index (χ0n) is 9.80. The van der Waals surface area contributed by atoms with E-state index in [0.717, 1.165) is 0 Å². The molecule has 19 heavy (non-hydrogen) atoms. The van der Waals surface area contributed by atoms with Crippen LogP contribution in [-0.2, 0) is 16.0 Å². The average Bonchev–Trinajstić information content (AvgIpc) is 2.31. The number of alkyl halides is 2. The van der Waals surface area contributed by atoms with E-state index in [1.54, 1.807) is 0 Å². The molecule has 1 rings (SSSR count). The van der Waals surface area contributed by atoms with Crippen LogP contribution in [0.15, 0.2) is 6.07 Å². The highest BCUT2D eigenvalue weighted by Gasteiger charge is 2.26. The molecule has 0 aliphatic heterocycles. The summed E-state index contributed by atoms with van der Waals surface area (Å²) >= 11 is 0. The molecule has 0 aliphatic carbocycles. The first kappa shape index (κ1) is 14.7. The normalized spacial score (nSPS) is 10.5. The van der Waals surface area contributed by atoms with Crippen molar-refractivity contribution in [1.29, 1.82) is 0 Å². The van der Waals surface area contributed by atoms with Gasteiger partial charge in [-0.15, -0.1) is 0 Å². The second-order valence-corrected chi connectivity index (χ2v) is 3.40. The highest BCUT2D eigenvalue weighted by molar-refractivity contribution is 5.73. The third-order valence-electron chi connectivity index (χ3n) is 2.12. The maximum atomic E-state index is 12.6. The number of aromatic nitrogens is 1. The number of pyridine rings is 1. The van der Waals surface area contributed by atoms with Gasteiger partial charge in [-0.1, -0.05) is 0 Å². The Kier molecular flexibility index (Phi) is 4.67. The summed E-state index contributed by atoms with van der Waals surface area (Å²) in [6, 6.07) is 0.467. The number of hydrogen-bond acceptors (Lipinski definition) is 6. The van der Waals surface area contributed by atoms with Crippen LogP contribution >= 0.6 is 0 Å². The topological polar surface area (TPSA) is 103 Å². The Hall–Kier alpha value is -2.32. The van der Waals surface area contributed by atoms with Gasteiger partial charge in [0, 0.05) is 6.07 Å². The number of carbonyl (C=O) groups is 1. The lowest BCUT2D eigenvalue weighted by atomic mass is 10.1. The molecule has 0 spiro atoms. The molecule has 0 amide bonds. The molecule has 7 nitrogen and oxygen atoms in total. The van der Waals surface area contributed by atoms with Gasteiger partial charge >= 0.3 is 11.8 Å². The van der Waals surface area contributed by atoms with Crippen LogP contribution in [0.25, 0.3) is 0 Å². The van der Waals surface area contributed by atoms with E-state index in [9.17, 15) is 28.8 Å². The average molecular weight is 276 g/mol. The zero-order valence-corrected chi connectivity index (χ0v) is 9.80. The second kappa shape index (κ2) is 6.03. The standard InChI is InChI=1S/C10H10F2N2O5/c1-2-19-8(15)4-6-9(16)5(10(11)12)3-7(13-6)14(17)18/h3,10,16H,2,4H2,1H3. The first-order chi connectivity index (χ1) is 8.86. The van der Waals surface area contributed by atoms with Crippen LogP contribution in [-0.4, -0.2) is 27.6 Å². The smallest absolute Gasteiger partial charge is 0.364 e. The highest BCUT2D eigenvalue weighted by Crippen LogP contribution is 2.33. The lowest BCUT2D eigenvalue weighted by molar-refractivity contribution is -0.389. The van der Waals surface area contributed by atoms with Crippen LogP contribution in [0.4, 0.5) is 14.6 Å². The number of nitro groups is 1. The largest absolute Gasteiger partial charge is 0.504 e. The van der Waals surface area contributed by atoms with Crippen LogP contribution in [0.3, 0.4) is 0 Å². The summed E-state index contributed by atoms with van der Waals surface area (Å²) in [6.07, 6.45) is -3.75. The van der Waals surface area contributed by atoms with Gasteiger partial charge in [-0.05, 0) is 16.8 Å². The van der Waals surface area contributed by atoms with E-state index in [0.29, 0.717) is 6.07 Å². The molecular formula is C10H10F2N2O5. The third-order valence-corrected chi connectivity index (χ3v) is 2.12. The fourth-order valence-corrected chi connectivity index (χ4v) is 1.33. The molecule has 0 unspecified atom stereocenters. The van der Waals surface area contributed by atoms with Crippen LogP contribution in [0.1, 0.15) is 24.6 Å². The zero-order chi connectivity index (χ0) is 14.6. The number of nitrogens with zero attached hydrogens (tertiary/aromatic N) is 2. The highest BCUT2D eigenvalue weighted by atomic mass is 19.3. The number of hydrogen-bond donors (Lipinski definition) is 1. The van der Waals surface area contributed by atoms with Crippen LogP contribution in [0.5, 0.6) is 5.75 Å². The molecule has 0 saturated heterocycles. The Labute approximate surface area is 106 Å². The Bertz CT molecular complexity index is 507. The number of esters is 1. The number of ether oxygens (including phenoxy) is 1. The van der Waals surface area contributed by atoms with Gasteiger partial charge in [0.15, 0.2) is 5.75 Å². The maximum absolute atomic E-state index is 12.6. The van der Waals surface area contributed by atoms with Crippen molar-refractivity contribution in [2.24, 2.45) is 0 Å². The molecule has 1 N–H and O–H groups in total. The molecule has 104 valence electrons. The molecule has 1 aromatic heterocycles. The molecule has 0 atom stereocenters. The van der Waals surface area contributed by atoms with E-state index in [1.807, 2.05) is 0 Å². The van der Waals surface area contributed by atoms with Gasteiger partial charge in [-0.2, -0.15) is 0 Å². The Morgan fingerprint density at radius 1 is 1.63 bits per heavy atom. The van der Waals surface area contributed by atoms with Crippen LogP contribution < -0.4 is 0 Å². The number of aromatic hydroxyl groups is 1. The van der Waals surface area contributed by atoms with Gasteiger partial charge in [-0.25, -0.2) is 8.78 Å². The Morgan fingerprint density at radius 2 is 2.26 bits per heavy atom. The molecule has 0 fully saturated rings. The molecule has 0 saturated carbocycles. The van der Waals surface area contributed by atoms with Gasteiger partial charge in [-0.3, -0.25) is 4.79 Å². The van der Waals surface area contributed by atoms with E-state index >= 15 is 0 Å². The number of halogens is 2. The fourth-order valence-electron chi connectivity index (χ4n) is 1.33. The van der Waals surface area contributed by atoms with Gasteiger partial charge in [0.2, 0.25) is 5.69 Å². The third kappa shape index (κ3) is 3.57. The van der Waals surface area contributed by atoms with Crippen molar-refractivity contribution < 1.29 is 28.3 Å². The molecule has 0 aromatic carbocycles. The van der Waals surface area contributed by atoms with E-state index < -0.39 is 46.6 Å². The summed E-state index contributed by atoms with van der Waals surface area (Å²) in [6.45, 7) is 1.58. The number of carbonyl (C=O) groups excluding carboxylic acids is 1. The minimum Gasteiger partial charge on any atom is -0.504 e. The van der Waals surface area contributed by atoms with E-state index in [4.69, 9.17) is 0 Å². The predicted octanol–water partition coefficient (Wildman–Crippen LogP) is 1.74.